The predicted molar refractivity (Wildman–Crippen MR) is 213 cm³/mol. The molecule has 0 amide bonds. The Morgan fingerprint density at radius 2 is 1.28 bits per heavy atom. The van der Waals surface area contributed by atoms with Crippen LogP contribution in [0.4, 0.5) is 11.4 Å². The highest BCUT2D eigenvalue weighted by molar-refractivity contribution is 5.98. The Morgan fingerprint density at radius 3 is 1.87 bits per heavy atom. The molecule has 6 aromatic rings. The number of para-hydroxylation sites is 2. The maximum atomic E-state index is 10.2. The zero-order valence-corrected chi connectivity index (χ0v) is 29.7. The van der Waals surface area contributed by atoms with Gasteiger partial charge in [-0.25, -0.2) is 0 Å². The van der Waals surface area contributed by atoms with Crippen molar-refractivity contribution in [1.29, 1.82) is 10.5 Å². The number of allylic oxidation sites excluding steroid dienone is 4. The molecule has 53 heavy (non-hydrogen) atoms. The molecular formula is C49H36N4. The van der Waals surface area contributed by atoms with Crippen LogP contribution in [0.2, 0.25) is 0 Å². The average Bonchev–Trinajstić information content (AvgIpc) is 3.80. The van der Waals surface area contributed by atoms with E-state index >= 15 is 0 Å². The Hall–Kier alpha value is -6.62. The molecule has 4 aliphatic rings. The normalized spacial score (nSPS) is 19.5. The number of rotatable bonds is 4. The molecule has 0 fully saturated rings. The molecule has 0 bridgehead atoms. The lowest BCUT2D eigenvalue weighted by Gasteiger charge is -2.44. The number of anilines is 2. The standard InChI is InChI=1S/C49H36N4/c1-32-14-13-23-43-45(32)47-46(49(43)41-21-11-9-19-38(41)39-20-10-12-22-42(39)49)40-29-48(2,53(35-15-5-3-6-16-35)36-17-7-4-8-18-36)25-24-44(40)52(47)37-27-33(30-50)26-34(28-37)31-51/h3-13,15-28,32H,14,29H2,1-2H3/t32-,48?/m1/s1. The van der Waals surface area contributed by atoms with E-state index in [9.17, 15) is 10.5 Å². The fourth-order valence-electron chi connectivity index (χ4n) is 9.99. The van der Waals surface area contributed by atoms with Gasteiger partial charge in [0.05, 0.1) is 39.9 Å². The molecule has 1 unspecified atom stereocenters. The number of aromatic nitrogens is 1. The summed E-state index contributed by atoms with van der Waals surface area (Å²) >= 11 is 0. The highest BCUT2D eigenvalue weighted by Gasteiger charge is 2.57. The largest absolute Gasteiger partial charge is 0.332 e. The first kappa shape index (κ1) is 31.1. The van der Waals surface area contributed by atoms with Crippen molar-refractivity contribution < 1.29 is 0 Å². The van der Waals surface area contributed by atoms with Gasteiger partial charge >= 0.3 is 0 Å². The minimum absolute atomic E-state index is 0.262. The first-order chi connectivity index (χ1) is 26.0. The fourth-order valence-corrected chi connectivity index (χ4v) is 9.99. The minimum Gasteiger partial charge on any atom is -0.332 e. The Bertz CT molecular complexity index is 2560. The van der Waals surface area contributed by atoms with Gasteiger partial charge in [-0.3, -0.25) is 0 Å². The molecule has 0 saturated carbocycles. The lowest BCUT2D eigenvalue weighted by molar-refractivity contribution is 0.553. The van der Waals surface area contributed by atoms with Crippen molar-refractivity contribution in [2.75, 3.05) is 4.90 Å². The van der Waals surface area contributed by atoms with Gasteiger partial charge in [-0.1, -0.05) is 110 Å². The van der Waals surface area contributed by atoms with Crippen LogP contribution in [0.15, 0.2) is 151 Å². The van der Waals surface area contributed by atoms with E-state index in [-0.39, 0.29) is 5.92 Å². The zero-order chi connectivity index (χ0) is 35.9. The van der Waals surface area contributed by atoms with E-state index in [0.29, 0.717) is 11.1 Å². The van der Waals surface area contributed by atoms with E-state index in [1.807, 2.05) is 12.1 Å². The molecule has 252 valence electrons. The van der Waals surface area contributed by atoms with Crippen molar-refractivity contribution >= 4 is 23.0 Å². The third-order valence-corrected chi connectivity index (χ3v) is 12.0. The Kier molecular flexibility index (Phi) is 6.72. The summed E-state index contributed by atoms with van der Waals surface area (Å²) in [5, 5.41) is 20.3. The van der Waals surface area contributed by atoms with Gasteiger partial charge in [-0.15, -0.1) is 0 Å². The molecule has 0 saturated heterocycles. The van der Waals surface area contributed by atoms with E-state index in [2.05, 4.69) is 169 Å². The molecular weight excluding hydrogens is 645 g/mol. The zero-order valence-electron chi connectivity index (χ0n) is 29.7. The van der Waals surface area contributed by atoms with E-state index in [1.165, 1.54) is 50.2 Å². The van der Waals surface area contributed by atoms with Gasteiger partial charge in [0.1, 0.15) is 0 Å². The van der Waals surface area contributed by atoms with Gasteiger partial charge in [0.15, 0.2) is 0 Å². The van der Waals surface area contributed by atoms with Crippen molar-refractivity contribution in [3.8, 4) is 29.0 Å². The molecule has 2 atom stereocenters. The topological polar surface area (TPSA) is 55.8 Å². The third kappa shape index (κ3) is 4.21. The molecule has 0 aliphatic heterocycles. The summed E-state index contributed by atoms with van der Waals surface area (Å²) in [6.45, 7) is 4.71. The van der Waals surface area contributed by atoms with Crippen LogP contribution in [-0.2, 0) is 11.8 Å². The Balaban J connectivity index is 1.34. The van der Waals surface area contributed by atoms with E-state index in [0.717, 1.165) is 35.6 Å². The first-order valence-corrected chi connectivity index (χ1v) is 18.4. The summed E-state index contributed by atoms with van der Waals surface area (Å²) in [7, 11) is 0. The number of nitrogens with zero attached hydrogens (tertiary/aromatic N) is 4. The summed E-state index contributed by atoms with van der Waals surface area (Å²) in [5.41, 5.74) is 15.9. The van der Waals surface area contributed by atoms with Crippen LogP contribution in [0.5, 0.6) is 0 Å². The maximum Gasteiger partial charge on any atom is 0.0992 e. The van der Waals surface area contributed by atoms with E-state index in [1.54, 1.807) is 6.07 Å². The number of benzene rings is 5. The summed E-state index contributed by atoms with van der Waals surface area (Å²) in [5.74, 6) is 0.262. The highest BCUT2D eigenvalue weighted by Crippen LogP contribution is 2.66. The SMILES string of the molecule is C[C@@H]1CC=CC2=C1c1c(c3c(n1-c1cc(C#N)cc(C#N)c1)C=CC(C)(N(c1ccccc1)c1ccccc1)C3)C21c2ccccc2-c2ccccc21. The smallest absolute Gasteiger partial charge is 0.0992 e. The summed E-state index contributed by atoms with van der Waals surface area (Å²) in [4.78, 5) is 2.48. The number of nitriles is 2. The van der Waals surface area contributed by atoms with Crippen LogP contribution < -0.4 is 4.90 Å². The molecule has 4 aliphatic carbocycles. The van der Waals surface area contributed by atoms with Gasteiger partial charge in [-0.05, 0) is 107 Å². The van der Waals surface area contributed by atoms with Crippen LogP contribution in [0.1, 0.15) is 65.0 Å². The highest BCUT2D eigenvalue weighted by atomic mass is 15.2. The molecule has 1 spiro atoms. The summed E-state index contributed by atoms with van der Waals surface area (Å²) < 4.78 is 2.39. The van der Waals surface area contributed by atoms with Gasteiger partial charge in [0, 0.05) is 34.7 Å². The molecule has 5 aromatic carbocycles. The van der Waals surface area contributed by atoms with Crippen molar-refractivity contribution in [2.24, 2.45) is 5.92 Å². The molecule has 10 rings (SSSR count). The molecule has 4 heteroatoms. The van der Waals surface area contributed by atoms with Crippen LogP contribution in [-0.4, -0.2) is 10.1 Å². The Morgan fingerprint density at radius 1 is 0.717 bits per heavy atom. The fraction of sp³-hybridized carbons (Fsp3) is 0.143. The van der Waals surface area contributed by atoms with Crippen molar-refractivity contribution in [3.63, 3.8) is 0 Å². The van der Waals surface area contributed by atoms with Crippen LogP contribution in [0, 0.1) is 28.6 Å². The van der Waals surface area contributed by atoms with Crippen molar-refractivity contribution in [3.05, 3.63) is 196 Å². The molecule has 0 radical (unpaired) electrons. The van der Waals surface area contributed by atoms with Crippen molar-refractivity contribution in [1.82, 2.24) is 4.57 Å². The number of hydrogen-bond donors (Lipinski definition) is 0. The second kappa shape index (κ2) is 11.4. The summed E-state index contributed by atoms with van der Waals surface area (Å²) in [6.07, 6.45) is 11.1. The van der Waals surface area contributed by atoms with E-state index < -0.39 is 11.0 Å². The molecule has 0 N–H and O–H groups in total. The Labute approximate surface area is 310 Å². The quantitative estimate of drug-likeness (QED) is 0.186. The van der Waals surface area contributed by atoms with Gasteiger partial charge in [0.2, 0.25) is 0 Å². The average molecular weight is 681 g/mol. The maximum absolute atomic E-state index is 10.2. The van der Waals surface area contributed by atoms with Gasteiger partial charge < -0.3 is 9.47 Å². The minimum atomic E-state index is -0.528. The number of fused-ring (bicyclic) bond motifs is 11. The summed E-state index contributed by atoms with van der Waals surface area (Å²) in [6, 6.07) is 49.6. The second-order valence-corrected chi connectivity index (χ2v) is 15.0. The van der Waals surface area contributed by atoms with Crippen LogP contribution >= 0.6 is 0 Å². The third-order valence-electron chi connectivity index (χ3n) is 12.0. The molecule has 1 heterocycles. The van der Waals surface area contributed by atoms with Crippen LogP contribution in [0.3, 0.4) is 0 Å². The molecule has 4 nitrogen and oxygen atoms in total. The monoisotopic (exact) mass is 680 g/mol. The van der Waals surface area contributed by atoms with Crippen molar-refractivity contribution in [2.45, 2.75) is 37.6 Å². The van der Waals surface area contributed by atoms with Crippen LogP contribution in [0.25, 0.3) is 28.5 Å². The lowest BCUT2D eigenvalue weighted by atomic mass is 9.66. The predicted octanol–water partition coefficient (Wildman–Crippen LogP) is 11.1. The molecule has 1 aromatic heterocycles. The van der Waals surface area contributed by atoms with Gasteiger partial charge in [0.25, 0.3) is 0 Å². The lowest BCUT2D eigenvalue weighted by Crippen LogP contribution is -2.45. The van der Waals surface area contributed by atoms with E-state index in [4.69, 9.17) is 0 Å². The second-order valence-electron chi connectivity index (χ2n) is 15.0. The first-order valence-electron chi connectivity index (χ1n) is 18.4. The van der Waals surface area contributed by atoms with Gasteiger partial charge in [-0.2, -0.15) is 10.5 Å². The number of hydrogen-bond acceptors (Lipinski definition) is 3.